The summed E-state index contributed by atoms with van der Waals surface area (Å²) in [5, 5.41) is 3.46. The summed E-state index contributed by atoms with van der Waals surface area (Å²) in [6.45, 7) is 8.64. The van der Waals surface area contributed by atoms with Gasteiger partial charge in [-0.25, -0.2) is 0 Å². The first-order valence-corrected chi connectivity index (χ1v) is 7.98. The Hall–Kier alpha value is -0.610. The molecule has 2 atom stereocenters. The van der Waals surface area contributed by atoms with E-state index in [1.54, 1.807) is 0 Å². The van der Waals surface area contributed by atoms with Crippen molar-refractivity contribution in [1.29, 1.82) is 0 Å². The average molecular weight is 284 g/mol. The summed E-state index contributed by atoms with van der Waals surface area (Å²) in [5.74, 6) is -0.105. The van der Waals surface area contributed by atoms with Crippen LogP contribution in [0.1, 0.15) is 59.8 Å². The maximum atomic E-state index is 12.2. The summed E-state index contributed by atoms with van der Waals surface area (Å²) in [7, 11) is 3.69. The Labute approximate surface area is 124 Å². The Kier molecular flexibility index (Phi) is 6.46. The summed E-state index contributed by atoms with van der Waals surface area (Å²) in [5.41, 5.74) is -0.492. The average Bonchev–Trinajstić information content (AvgIpc) is 2.83. The molecule has 2 unspecified atom stereocenters. The molecule has 0 heterocycles. The summed E-state index contributed by atoms with van der Waals surface area (Å²) in [4.78, 5) is 14.7. The van der Waals surface area contributed by atoms with Crippen LogP contribution >= 0.6 is 0 Å². The molecule has 0 saturated heterocycles. The third-order valence-electron chi connectivity index (χ3n) is 4.72. The number of methoxy groups -OCH3 is 1. The Morgan fingerprint density at radius 3 is 2.45 bits per heavy atom. The van der Waals surface area contributed by atoms with Gasteiger partial charge >= 0.3 is 5.97 Å². The second-order valence-corrected chi connectivity index (χ2v) is 6.41. The molecule has 1 N–H and O–H groups in total. The Balaban J connectivity index is 2.81. The van der Waals surface area contributed by atoms with E-state index in [9.17, 15) is 4.79 Å². The standard InChI is InChI=1S/C16H32N2O2/c1-7-13(8-2)18(5)14-9-10-16(11-14,15(19)20-6)17-12(3)4/h12-14,17H,7-11H2,1-6H3. The molecular weight excluding hydrogens is 252 g/mol. The van der Waals surface area contributed by atoms with E-state index < -0.39 is 5.54 Å². The van der Waals surface area contributed by atoms with Gasteiger partial charge in [-0.1, -0.05) is 13.8 Å². The van der Waals surface area contributed by atoms with Crippen LogP contribution in [0, 0.1) is 0 Å². The van der Waals surface area contributed by atoms with E-state index in [0.717, 1.165) is 32.1 Å². The van der Waals surface area contributed by atoms with Gasteiger partial charge in [-0.05, 0) is 53.0 Å². The van der Waals surface area contributed by atoms with E-state index in [4.69, 9.17) is 4.74 Å². The molecule has 4 heteroatoms. The predicted molar refractivity (Wildman–Crippen MR) is 82.8 cm³/mol. The number of hydrogen-bond donors (Lipinski definition) is 1. The maximum Gasteiger partial charge on any atom is 0.326 e. The molecule has 20 heavy (non-hydrogen) atoms. The minimum absolute atomic E-state index is 0.105. The SMILES string of the molecule is CCC(CC)N(C)C1CCC(NC(C)C)(C(=O)OC)C1. The van der Waals surface area contributed by atoms with E-state index >= 15 is 0 Å². The first kappa shape index (κ1) is 17.4. The summed E-state index contributed by atoms with van der Waals surface area (Å²) in [6, 6.07) is 1.35. The van der Waals surface area contributed by atoms with Crippen molar-refractivity contribution in [1.82, 2.24) is 10.2 Å². The lowest BCUT2D eigenvalue weighted by molar-refractivity contribution is -0.149. The fourth-order valence-electron chi connectivity index (χ4n) is 3.65. The van der Waals surface area contributed by atoms with Crippen LogP contribution in [0.2, 0.25) is 0 Å². The maximum absolute atomic E-state index is 12.2. The van der Waals surface area contributed by atoms with Crippen molar-refractivity contribution >= 4 is 5.97 Å². The Morgan fingerprint density at radius 1 is 1.40 bits per heavy atom. The summed E-state index contributed by atoms with van der Waals surface area (Å²) in [6.07, 6.45) is 5.10. The first-order chi connectivity index (χ1) is 9.40. The molecule has 1 aliphatic carbocycles. The zero-order valence-electron chi connectivity index (χ0n) is 14.0. The number of nitrogens with zero attached hydrogens (tertiary/aromatic N) is 1. The van der Waals surface area contributed by atoms with Crippen LogP contribution in [0.5, 0.6) is 0 Å². The molecule has 1 aliphatic rings. The summed E-state index contributed by atoms with van der Waals surface area (Å²) >= 11 is 0. The summed E-state index contributed by atoms with van der Waals surface area (Å²) < 4.78 is 5.06. The molecule has 1 rings (SSSR count). The molecule has 0 radical (unpaired) electrons. The smallest absolute Gasteiger partial charge is 0.326 e. The van der Waals surface area contributed by atoms with E-state index in [2.05, 4.69) is 45.0 Å². The monoisotopic (exact) mass is 284 g/mol. The van der Waals surface area contributed by atoms with Crippen molar-refractivity contribution in [3.8, 4) is 0 Å². The molecule has 118 valence electrons. The Morgan fingerprint density at radius 2 is 2.00 bits per heavy atom. The third kappa shape index (κ3) is 3.73. The molecule has 0 bridgehead atoms. The lowest BCUT2D eigenvalue weighted by atomic mass is 9.95. The quantitative estimate of drug-likeness (QED) is 0.730. The van der Waals surface area contributed by atoms with Crippen LogP contribution in [0.15, 0.2) is 0 Å². The fraction of sp³-hybridized carbons (Fsp3) is 0.938. The molecule has 1 fully saturated rings. The van der Waals surface area contributed by atoms with Gasteiger partial charge in [-0.2, -0.15) is 0 Å². The van der Waals surface area contributed by atoms with E-state index in [1.165, 1.54) is 7.11 Å². The van der Waals surface area contributed by atoms with Crippen LogP contribution < -0.4 is 5.32 Å². The predicted octanol–water partition coefficient (Wildman–Crippen LogP) is 2.57. The van der Waals surface area contributed by atoms with Crippen molar-refractivity contribution in [3.63, 3.8) is 0 Å². The van der Waals surface area contributed by atoms with Gasteiger partial charge in [0.05, 0.1) is 7.11 Å². The highest BCUT2D eigenvalue weighted by molar-refractivity contribution is 5.81. The van der Waals surface area contributed by atoms with Crippen LogP contribution in [0.3, 0.4) is 0 Å². The molecule has 0 amide bonds. The lowest BCUT2D eigenvalue weighted by Crippen LogP contribution is -2.54. The molecule has 0 aromatic heterocycles. The zero-order chi connectivity index (χ0) is 15.3. The van der Waals surface area contributed by atoms with Crippen molar-refractivity contribution in [3.05, 3.63) is 0 Å². The minimum Gasteiger partial charge on any atom is -0.468 e. The van der Waals surface area contributed by atoms with Crippen molar-refractivity contribution < 1.29 is 9.53 Å². The zero-order valence-corrected chi connectivity index (χ0v) is 14.0. The second kappa shape index (κ2) is 7.41. The highest BCUT2D eigenvalue weighted by Gasteiger charge is 2.47. The molecule has 1 saturated carbocycles. The second-order valence-electron chi connectivity index (χ2n) is 6.41. The number of rotatable bonds is 7. The molecule has 0 aliphatic heterocycles. The van der Waals surface area contributed by atoms with Gasteiger partial charge < -0.3 is 9.64 Å². The number of hydrogen-bond acceptors (Lipinski definition) is 4. The van der Waals surface area contributed by atoms with Gasteiger partial charge in [0.1, 0.15) is 5.54 Å². The van der Waals surface area contributed by atoms with Gasteiger partial charge in [-0.3, -0.25) is 10.1 Å². The van der Waals surface area contributed by atoms with Crippen LogP contribution in [0.25, 0.3) is 0 Å². The van der Waals surface area contributed by atoms with Gasteiger partial charge in [0.15, 0.2) is 0 Å². The number of esters is 1. The lowest BCUT2D eigenvalue weighted by Gasteiger charge is -2.34. The van der Waals surface area contributed by atoms with E-state index in [-0.39, 0.29) is 12.0 Å². The molecule has 0 spiro atoms. The van der Waals surface area contributed by atoms with Crippen LogP contribution in [-0.2, 0) is 9.53 Å². The third-order valence-corrected chi connectivity index (χ3v) is 4.72. The number of ether oxygens (including phenoxy) is 1. The fourth-order valence-corrected chi connectivity index (χ4v) is 3.65. The molecule has 0 aromatic carbocycles. The van der Waals surface area contributed by atoms with Crippen LogP contribution in [0.4, 0.5) is 0 Å². The van der Waals surface area contributed by atoms with Gasteiger partial charge in [-0.15, -0.1) is 0 Å². The first-order valence-electron chi connectivity index (χ1n) is 7.98. The van der Waals surface area contributed by atoms with Gasteiger partial charge in [0.2, 0.25) is 0 Å². The molecule has 0 aromatic rings. The van der Waals surface area contributed by atoms with Crippen molar-refractivity contribution in [2.24, 2.45) is 0 Å². The minimum atomic E-state index is -0.492. The van der Waals surface area contributed by atoms with E-state index in [1.807, 2.05) is 0 Å². The topological polar surface area (TPSA) is 41.6 Å². The number of nitrogens with one attached hydrogen (secondary N) is 1. The highest BCUT2D eigenvalue weighted by Crippen LogP contribution is 2.35. The van der Waals surface area contributed by atoms with E-state index in [0.29, 0.717) is 12.1 Å². The van der Waals surface area contributed by atoms with Crippen LogP contribution in [-0.4, -0.2) is 48.7 Å². The Bertz CT molecular complexity index is 316. The highest BCUT2D eigenvalue weighted by atomic mass is 16.5. The number of carbonyl (C=O) groups is 1. The normalized spacial score (nSPS) is 26.8. The van der Waals surface area contributed by atoms with Crippen molar-refractivity contribution in [2.45, 2.75) is 83.5 Å². The largest absolute Gasteiger partial charge is 0.468 e. The van der Waals surface area contributed by atoms with Gasteiger partial charge in [0, 0.05) is 18.1 Å². The van der Waals surface area contributed by atoms with Crippen molar-refractivity contribution in [2.75, 3.05) is 14.2 Å². The number of carbonyl (C=O) groups excluding carboxylic acids is 1. The molecular formula is C16H32N2O2. The molecule has 4 nitrogen and oxygen atoms in total. The van der Waals surface area contributed by atoms with Gasteiger partial charge in [0.25, 0.3) is 0 Å².